The van der Waals surface area contributed by atoms with E-state index in [0.717, 1.165) is 0 Å². The summed E-state index contributed by atoms with van der Waals surface area (Å²) in [5.41, 5.74) is 7.31. The molecule has 0 saturated heterocycles. The summed E-state index contributed by atoms with van der Waals surface area (Å²) in [7, 11) is 0. The van der Waals surface area contributed by atoms with Gasteiger partial charge in [0.15, 0.2) is 0 Å². The number of hydrogen-bond acceptors (Lipinski definition) is 6. The summed E-state index contributed by atoms with van der Waals surface area (Å²) in [4.78, 5) is 10.3. The molecule has 3 rings (SSSR count). The number of benzene rings is 2. The van der Waals surface area contributed by atoms with Crippen molar-refractivity contribution in [2.45, 2.75) is 5.92 Å². The van der Waals surface area contributed by atoms with Gasteiger partial charge in [-0.25, -0.2) is 0 Å². The van der Waals surface area contributed by atoms with Gasteiger partial charge in [0.25, 0.3) is 5.69 Å². The SMILES string of the molecule is N#CC1=C(N)Oc2cc(O)ccc2C1c1ccc([N+](=O)[O-])cc1. The summed E-state index contributed by atoms with van der Waals surface area (Å²) >= 11 is 0. The van der Waals surface area contributed by atoms with Gasteiger partial charge in [-0.1, -0.05) is 18.2 Å². The average Bonchev–Trinajstić information content (AvgIpc) is 2.53. The van der Waals surface area contributed by atoms with E-state index < -0.39 is 10.8 Å². The molecule has 3 N–H and O–H groups in total. The number of allylic oxidation sites excluding steroid dienone is 1. The summed E-state index contributed by atoms with van der Waals surface area (Å²) < 4.78 is 5.40. The lowest BCUT2D eigenvalue weighted by molar-refractivity contribution is -0.384. The molecule has 0 fully saturated rings. The molecule has 0 spiro atoms. The monoisotopic (exact) mass is 309 g/mol. The molecule has 1 aliphatic heterocycles. The van der Waals surface area contributed by atoms with Crippen LogP contribution in [-0.2, 0) is 0 Å². The molecule has 7 nitrogen and oxygen atoms in total. The number of phenols is 1. The van der Waals surface area contributed by atoms with Crippen LogP contribution in [0.2, 0.25) is 0 Å². The highest BCUT2D eigenvalue weighted by molar-refractivity contribution is 5.57. The number of phenolic OH excluding ortho intramolecular Hbond substituents is 1. The molecule has 0 aromatic heterocycles. The van der Waals surface area contributed by atoms with Crippen LogP contribution in [0.1, 0.15) is 17.0 Å². The summed E-state index contributed by atoms with van der Waals surface area (Å²) in [6.45, 7) is 0. The Kier molecular flexibility index (Phi) is 3.35. The van der Waals surface area contributed by atoms with Gasteiger partial charge in [-0.15, -0.1) is 0 Å². The van der Waals surface area contributed by atoms with Gasteiger partial charge < -0.3 is 15.6 Å². The summed E-state index contributed by atoms with van der Waals surface area (Å²) in [6, 6.07) is 12.5. The van der Waals surface area contributed by atoms with Crippen LogP contribution in [0, 0.1) is 21.4 Å². The van der Waals surface area contributed by atoms with Gasteiger partial charge in [0.2, 0.25) is 5.88 Å². The number of nitrogens with two attached hydrogens (primary N) is 1. The van der Waals surface area contributed by atoms with Gasteiger partial charge in [-0.3, -0.25) is 10.1 Å². The van der Waals surface area contributed by atoms with Crippen molar-refractivity contribution in [1.82, 2.24) is 0 Å². The lowest BCUT2D eigenvalue weighted by Crippen LogP contribution is -2.20. The number of rotatable bonds is 2. The molecular weight excluding hydrogens is 298 g/mol. The van der Waals surface area contributed by atoms with Crippen LogP contribution in [0.25, 0.3) is 0 Å². The molecule has 7 heteroatoms. The lowest BCUT2D eigenvalue weighted by atomic mass is 9.83. The van der Waals surface area contributed by atoms with E-state index in [1.807, 2.05) is 6.07 Å². The predicted octanol–water partition coefficient (Wildman–Crippen LogP) is 2.52. The van der Waals surface area contributed by atoms with E-state index in [9.17, 15) is 20.5 Å². The standard InChI is InChI=1S/C16H11N3O4/c17-8-13-15(9-1-3-10(4-2-9)19(21)22)12-6-5-11(20)7-14(12)23-16(13)18/h1-7,15,20H,18H2. The highest BCUT2D eigenvalue weighted by Crippen LogP contribution is 2.43. The molecule has 2 aromatic carbocycles. The number of ether oxygens (including phenoxy) is 1. The fraction of sp³-hybridized carbons (Fsp3) is 0.0625. The molecule has 0 amide bonds. The van der Waals surface area contributed by atoms with Crippen LogP contribution in [0.3, 0.4) is 0 Å². The highest BCUT2D eigenvalue weighted by atomic mass is 16.6. The van der Waals surface area contributed by atoms with Crippen LogP contribution in [0.15, 0.2) is 53.9 Å². The van der Waals surface area contributed by atoms with Gasteiger partial charge in [-0.05, 0) is 11.6 Å². The Morgan fingerprint density at radius 3 is 2.57 bits per heavy atom. The zero-order valence-corrected chi connectivity index (χ0v) is 11.8. The maximum atomic E-state index is 10.8. The topological polar surface area (TPSA) is 122 Å². The van der Waals surface area contributed by atoms with Gasteiger partial charge in [0.1, 0.15) is 23.1 Å². The normalized spacial score (nSPS) is 16.2. The molecule has 114 valence electrons. The second kappa shape index (κ2) is 5.35. The molecule has 1 heterocycles. The first-order valence-electron chi connectivity index (χ1n) is 6.66. The van der Waals surface area contributed by atoms with Gasteiger partial charge in [-0.2, -0.15) is 5.26 Å². The predicted molar refractivity (Wildman–Crippen MR) is 80.5 cm³/mol. The Morgan fingerprint density at radius 2 is 1.96 bits per heavy atom. The Morgan fingerprint density at radius 1 is 1.26 bits per heavy atom. The largest absolute Gasteiger partial charge is 0.508 e. The molecule has 0 radical (unpaired) electrons. The minimum Gasteiger partial charge on any atom is -0.508 e. The minimum atomic E-state index is -0.509. The van der Waals surface area contributed by atoms with E-state index in [2.05, 4.69) is 0 Å². The molecule has 23 heavy (non-hydrogen) atoms. The fourth-order valence-corrected chi connectivity index (χ4v) is 2.58. The molecule has 0 aliphatic carbocycles. The van der Waals surface area contributed by atoms with Gasteiger partial charge in [0, 0.05) is 23.8 Å². The minimum absolute atomic E-state index is 0.0133. The van der Waals surface area contributed by atoms with Crippen molar-refractivity contribution in [3.8, 4) is 17.6 Å². The van der Waals surface area contributed by atoms with Gasteiger partial charge >= 0.3 is 0 Å². The van der Waals surface area contributed by atoms with E-state index in [0.29, 0.717) is 16.9 Å². The van der Waals surface area contributed by atoms with Crippen molar-refractivity contribution in [2.24, 2.45) is 5.73 Å². The van der Waals surface area contributed by atoms with Crippen LogP contribution in [0.5, 0.6) is 11.5 Å². The molecule has 0 saturated carbocycles. The Bertz CT molecular complexity index is 866. The van der Waals surface area contributed by atoms with E-state index in [4.69, 9.17) is 10.5 Å². The summed E-state index contributed by atoms with van der Waals surface area (Å²) in [5.74, 6) is -0.191. The zero-order chi connectivity index (χ0) is 16.6. The molecular formula is C16H11N3O4. The number of non-ortho nitro benzene ring substituents is 1. The zero-order valence-electron chi connectivity index (χ0n) is 11.8. The second-order valence-corrected chi connectivity index (χ2v) is 5.00. The molecule has 1 unspecified atom stereocenters. The lowest BCUT2D eigenvalue weighted by Gasteiger charge is -2.26. The molecule has 1 aliphatic rings. The third-order valence-electron chi connectivity index (χ3n) is 3.64. The molecule has 2 aromatic rings. The Balaban J connectivity index is 2.16. The van der Waals surface area contributed by atoms with E-state index in [1.165, 1.54) is 24.3 Å². The highest BCUT2D eigenvalue weighted by Gasteiger charge is 2.31. The molecule has 1 atom stereocenters. The van der Waals surface area contributed by atoms with Crippen LogP contribution >= 0.6 is 0 Å². The van der Waals surface area contributed by atoms with Gasteiger partial charge in [0.05, 0.1) is 10.8 Å². The first-order chi connectivity index (χ1) is 11.0. The quantitative estimate of drug-likeness (QED) is 0.649. The maximum absolute atomic E-state index is 10.8. The number of nitro groups is 1. The van der Waals surface area contributed by atoms with Crippen molar-refractivity contribution >= 4 is 5.69 Å². The van der Waals surface area contributed by atoms with Crippen molar-refractivity contribution in [2.75, 3.05) is 0 Å². The van der Waals surface area contributed by atoms with E-state index >= 15 is 0 Å². The third-order valence-corrected chi connectivity index (χ3v) is 3.64. The van der Waals surface area contributed by atoms with Crippen LogP contribution in [0.4, 0.5) is 5.69 Å². The van der Waals surface area contributed by atoms with E-state index in [1.54, 1.807) is 18.2 Å². The summed E-state index contributed by atoms with van der Waals surface area (Å²) in [6.07, 6.45) is 0. The third kappa shape index (κ3) is 2.42. The van der Waals surface area contributed by atoms with Crippen molar-refractivity contribution < 1.29 is 14.8 Å². The van der Waals surface area contributed by atoms with Crippen molar-refractivity contribution in [1.29, 1.82) is 5.26 Å². The number of fused-ring (bicyclic) bond motifs is 1. The number of aromatic hydroxyl groups is 1. The van der Waals surface area contributed by atoms with Crippen molar-refractivity contribution in [3.05, 3.63) is 75.2 Å². The fourth-order valence-electron chi connectivity index (χ4n) is 2.58. The Hall–Kier alpha value is -3.53. The van der Waals surface area contributed by atoms with E-state index in [-0.39, 0.29) is 22.9 Å². The van der Waals surface area contributed by atoms with Crippen molar-refractivity contribution in [3.63, 3.8) is 0 Å². The average molecular weight is 309 g/mol. The number of nitriles is 1. The second-order valence-electron chi connectivity index (χ2n) is 5.00. The van der Waals surface area contributed by atoms with Crippen LogP contribution < -0.4 is 10.5 Å². The number of nitro benzene ring substituents is 1. The smallest absolute Gasteiger partial charge is 0.269 e. The Labute approximate surface area is 131 Å². The maximum Gasteiger partial charge on any atom is 0.269 e. The first-order valence-corrected chi connectivity index (χ1v) is 6.66. The number of nitrogens with zero attached hydrogens (tertiary/aromatic N) is 2. The van der Waals surface area contributed by atoms with Crippen LogP contribution in [-0.4, -0.2) is 10.0 Å². The first kappa shape index (κ1) is 14.4. The number of hydrogen-bond donors (Lipinski definition) is 2. The summed E-state index contributed by atoms with van der Waals surface area (Å²) in [5, 5.41) is 29.7. The molecule has 0 bridgehead atoms.